The van der Waals surface area contributed by atoms with E-state index in [2.05, 4.69) is 15.9 Å². The third kappa shape index (κ3) is 3.06. The number of rotatable bonds is 2. The summed E-state index contributed by atoms with van der Waals surface area (Å²) in [5.41, 5.74) is 0.936. The quantitative estimate of drug-likeness (QED) is 0.756. The average molecular weight is 364 g/mol. The molecule has 0 bridgehead atoms. The van der Waals surface area contributed by atoms with Crippen LogP contribution in [-0.4, -0.2) is 39.1 Å². The van der Waals surface area contributed by atoms with Crippen LogP contribution in [0.25, 0.3) is 0 Å². The molecule has 1 aromatic rings. The first-order chi connectivity index (χ1) is 9.75. The van der Waals surface area contributed by atoms with Gasteiger partial charge < -0.3 is 18.9 Å². The van der Waals surface area contributed by atoms with Gasteiger partial charge in [0.15, 0.2) is 11.5 Å². The molecule has 2 atom stereocenters. The van der Waals surface area contributed by atoms with Crippen LogP contribution < -0.4 is 9.47 Å². The monoisotopic (exact) mass is 362 g/mol. The SMILES string of the molecule is ClC(c1cc2c(cc1Br)OCCCO2)C1COCCO1. The highest BCUT2D eigenvalue weighted by Gasteiger charge is 2.28. The first-order valence-electron chi connectivity index (χ1n) is 6.68. The topological polar surface area (TPSA) is 36.9 Å². The highest BCUT2D eigenvalue weighted by atomic mass is 79.9. The molecule has 6 heteroatoms. The van der Waals surface area contributed by atoms with Crippen LogP contribution in [0.1, 0.15) is 17.4 Å². The normalized spacial score (nSPS) is 24.0. The summed E-state index contributed by atoms with van der Waals surface area (Å²) in [5.74, 6) is 1.49. The van der Waals surface area contributed by atoms with Gasteiger partial charge in [0.2, 0.25) is 0 Å². The fourth-order valence-electron chi connectivity index (χ4n) is 2.29. The Hall–Kier alpha value is -0.490. The molecule has 1 aromatic carbocycles. The van der Waals surface area contributed by atoms with E-state index < -0.39 is 0 Å². The molecular weight excluding hydrogens is 348 g/mol. The summed E-state index contributed by atoms with van der Waals surface area (Å²) >= 11 is 10.1. The molecule has 110 valence electrons. The predicted molar refractivity (Wildman–Crippen MR) is 78.9 cm³/mol. The van der Waals surface area contributed by atoms with Crippen LogP contribution in [0.5, 0.6) is 11.5 Å². The van der Waals surface area contributed by atoms with Crippen molar-refractivity contribution in [3.63, 3.8) is 0 Å². The largest absolute Gasteiger partial charge is 0.490 e. The van der Waals surface area contributed by atoms with Gasteiger partial charge in [0, 0.05) is 10.9 Å². The zero-order chi connectivity index (χ0) is 13.9. The first kappa shape index (κ1) is 14.4. The van der Waals surface area contributed by atoms with E-state index in [9.17, 15) is 0 Å². The molecule has 0 amide bonds. The van der Waals surface area contributed by atoms with Crippen LogP contribution in [0.2, 0.25) is 0 Å². The number of fused-ring (bicyclic) bond motifs is 1. The van der Waals surface area contributed by atoms with Crippen molar-refractivity contribution in [3.8, 4) is 11.5 Å². The van der Waals surface area contributed by atoms with E-state index in [0.717, 1.165) is 28.0 Å². The lowest BCUT2D eigenvalue weighted by molar-refractivity contribution is -0.0893. The second-order valence-electron chi connectivity index (χ2n) is 4.76. The van der Waals surface area contributed by atoms with Gasteiger partial charge in [0.25, 0.3) is 0 Å². The van der Waals surface area contributed by atoms with Crippen LogP contribution in [0.3, 0.4) is 0 Å². The summed E-state index contributed by atoms with van der Waals surface area (Å²) in [5, 5.41) is -0.290. The Kier molecular flexibility index (Phi) is 4.71. The molecule has 20 heavy (non-hydrogen) atoms. The van der Waals surface area contributed by atoms with Crippen molar-refractivity contribution in [1.82, 2.24) is 0 Å². The molecule has 0 N–H and O–H groups in total. The van der Waals surface area contributed by atoms with Crippen molar-refractivity contribution in [1.29, 1.82) is 0 Å². The molecule has 4 nitrogen and oxygen atoms in total. The third-order valence-electron chi connectivity index (χ3n) is 3.33. The van der Waals surface area contributed by atoms with Crippen molar-refractivity contribution >= 4 is 27.5 Å². The zero-order valence-corrected chi connectivity index (χ0v) is 13.3. The molecule has 2 aliphatic rings. The van der Waals surface area contributed by atoms with E-state index >= 15 is 0 Å². The molecule has 0 aliphatic carbocycles. The van der Waals surface area contributed by atoms with Crippen LogP contribution in [0.4, 0.5) is 0 Å². The Bertz CT molecular complexity index is 476. The molecular formula is C14H16BrClO4. The van der Waals surface area contributed by atoms with Gasteiger partial charge in [-0.3, -0.25) is 0 Å². The van der Waals surface area contributed by atoms with Crippen LogP contribution in [-0.2, 0) is 9.47 Å². The Balaban J connectivity index is 1.86. The summed E-state index contributed by atoms with van der Waals surface area (Å²) in [7, 11) is 0. The van der Waals surface area contributed by atoms with Crippen LogP contribution in [0.15, 0.2) is 16.6 Å². The fourth-order valence-corrected chi connectivity index (χ4v) is 3.31. The minimum absolute atomic E-state index is 0.147. The lowest BCUT2D eigenvalue weighted by Gasteiger charge is -2.27. The number of halogens is 2. The van der Waals surface area contributed by atoms with Crippen LogP contribution in [0, 0.1) is 0 Å². The number of alkyl halides is 1. The zero-order valence-electron chi connectivity index (χ0n) is 10.9. The Labute approximate surface area is 131 Å². The molecule has 0 radical (unpaired) electrons. The van der Waals surface area contributed by atoms with Gasteiger partial charge in [0.1, 0.15) is 6.10 Å². The van der Waals surface area contributed by atoms with E-state index in [4.69, 9.17) is 30.5 Å². The maximum absolute atomic E-state index is 6.54. The number of hydrogen-bond donors (Lipinski definition) is 0. The van der Waals surface area contributed by atoms with Gasteiger partial charge >= 0.3 is 0 Å². The Morgan fingerprint density at radius 2 is 1.85 bits per heavy atom. The van der Waals surface area contributed by atoms with Gasteiger partial charge in [-0.15, -0.1) is 11.6 Å². The highest BCUT2D eigenvalue weighted by Crippen LogP contribution is 2.41. The maximum Gasteiger partial charge on any atom is 0.162 e. The summed E-state index contributed by atoms with van der Waals surface area (Å²) in [6.45, 7) is 3.04. The molecule has 1 saturated heterocycles. The summed E-state index contributed by atoms with van der Waals surface area (Å²) in [6.07, 6.45) is 0.734. The van der Waals surface area contributed by atoms with Crippen LogP contribution >= 0.6 is 27.5 Å². The number of ether oxygens (including phenoxy) is 4. The first-order valence-corrected chi connectivity index (χ1v) is 7.91. The fraction of sp³-hybridized carbons (Fsp3) is 0.571. The number of hydrogen-bond acceptors (Lipinski definition) is 4. The predicted octanol–water partition coefficient (Wildman–Crippen LogP) is 3.31. The standard InChI is InChI=1S/C14H16BrClO4/c15-10-7-12-11(18-2-1-3-19-12)6-9(10)14(16)13-8-17-4-5-20-13/h6-7,13-14H,1-5,8H2. The second kappa shape index (κ2) is 6.52. The second-order valence-corrected chi connectivity index (χ2v) is 6.08. The molecule has 3 rings (SSSR count). The molecule has 0 spiro atoms. The smallest absolute Gasteiger partial charge is 0.162 e. The van der Waals surface area contributed by atoms with E-state index in [1.807, 2.05) is 12.1 Å². The van der Waals surface area contributed by atoms with Gasteiger partial charge in [-0.05, 0) is 17.7 Å². The van der Waals surface area contributed by atoms with Gasteiger partial charge in [-0.2, -0.15) is 0 Å². The van der Waals surface area contributed by atoms with Crippen molar-refractivity contribution in [2.45, 2.75) is 17.9 Å². The summed E-state index contributed by atoms with van der Waals surface area (Å²) in [4.78, 5) is 0. The van der Waals surface area contributed by atoms with Crippen molar-refractivity contribution < 1.29 is 18.9 Å². The van der Waals surface area contributed by atoms with Crippen molar-refractivity contribution in [2.75, 3.05) is 33.0 Å². The molecule has 1 fully saturated rings. The van der Waals surface area contributed by atoms with E-state index in [1.54, 1.807) is 0 Å². The van der Waals surface area contributed by atoms with Crippen molar-refractivity contribution in [3.05, 3.63) is 22.2 Å². The van der Waals surface area contributed by atoms with Gasteiger partial charge in [-0.1, -0.05) is 15.9 Å². The van der Waals surface area contributed by atoms with Gasteiger partial charge in [0.05, 0.1) is 38.4 Å². The summed E-state index contributed by atoms with van der Waals surface area (Å²) in [6, 6.07) is 3.84. The molecule has 2 aliphatic heterocycles. The Morgan fingerprint density at radius 1 is 1.10 bits per heavy atom. The summed E-state index contributed by atoms with van der Waals surface area (Å²) < 4.78 is 23.3. The Morgan fingerprint density at radius 3 is 2.55 bits per heavy atom. The van der Waals surface area contributed by atoms with E-state index in [0.29, 0.717) is 33.0 Å². The lowest BCUT2D eigenvalue weighted by Crippen LogP contribution is -2.32. The van der Waals surface area contributed by atoms with E-state index in [1.165, 1.54) is 0 Å². The maximum atomic E-state index is 6.54. The molecule has 0 aromatic heterocycles. The molecule has 2 heterocycles. The third-order valence-corrected chi connectivity index (χ3v) is 4.53. The number of benzene rings is 1. The van der Waals surface area contributed by atoms with Gasteiger partial charge in [-0.25, -0.2) is 0 Å². The van der Waals surface area contributed by atoms with Crippen molar-refractivity contribution in [2.24, 2.45) is 0 Å². The lowest BCUT2D eigenvalue weighted by atomic mass is 10.1. The highest BCUT2D eigenvalue weighted by molar-refractivity contribution is 9.10. The molecule has 0 saturated carbocycles. The molecule has 2 unspecified atom stereocenters. The minimum atomic E-state index is -0.290. The minimum Gasteiger partial charge on any atom is -0.490 e. The van der Waals surface area contributed by atoms with E-state index in [-0.39, 0.29) is 11.5 Å². The average Bonchev–Trinajstić information content (AvgIpc) is 2.71.